The maximum absolute atomic E-state index is 12.8. The highest BCUT2D eigenvalue weighted by Crippen LogP contribution is 2.36. The third-order valence-electron chi connectivity index (χ3n) is 3.11. The van der Waals surface area contributed by atoms with Gasteiger partial charge >= 0.3 is 6.18 Å². The molecule has 0 spiro atoms. The summed E-state index contributed by atoms with van der Waals surface area (Å²) in [7, 11) is -2.33. The lowest BCUT2D eigenvalue weighted by Gasteiger charge is -2.17. The predicted octanol–water partition coefficient (Wildman–Crippen LogP) is 3.74. The number of halogens is 3. The van der Waals surface area contributed by atoms with E-state index in [0.717, 1.165) is 22.1 Å². The molecule has 0 aliphatic rings. The average Bonchev–Trinajstić information content (AvgIpc) is 2.92. The summed E-state index contributed by atoms with van der Waals surface area (Å²) in [4.78, 5) is 0. The van der Waals surface area contributed by atoms with Gasteiger partial charge in [-0.1, -0.05) is 0 Å². The zero-order valence-electron chi connectivity index (χ0n) is 12.4. The summed E-state index contributed by atoms with van der Waals surface area (Å²) in [6.07, 6.45) is -4.50. The van der Waals surface area contributed by atoms with Crippen LogP contribution in [0.4, 0.5) is 13.2 Å². The molecule has 0 saturated carbocycles. The summed E-state index contributed by atoms with van der Waals surface area (Å²) >= 11 is 0.982. The van der Waals surface area contributed by atoms with Gasteiger partial charge in [0.2, 0.25) is 0 Å². The van der Waals surface area contributed by atoms with Crippen LogP contribution in [0.25, 0.3) is 11.3 Å². The molecule has 0 saturated heterocycles. The Kier molecular flexibility index (Phi) is 3.93. The Morgan fingerprint density at radius 1 is 1.18 bits per heavy atom. The van der Waals surface area contributed by atoms with E-state index in [-0.39, 0.29) is 9.90 Å². The molecule has 2 aromatic rings. The molecule has 0 radical (unpaired) electrons. The summed E-state index contributed by atoms with van der Waals surface area (Å²) in [5, 5.41) is 5.31. The van der Waals surface area contributed by atoms with Crippen LogP contribution in [0.3, 0.4) is 0 Å². The van der Waals surface area contributed by atoms with E-state index in [2.05, 4.69) is 5.10 Å². The quantitative estimate of drug-likeness (QED) is 0.827. The van der Waals surface area contributed by atoms with Crippen LogP contribution < -0.4 is 0 Å². The Bertz CT molecular complexity index is 796. The summed E-state index contributed by atoms with van der Waals surface area (Å²) in [5.41, 5.74) is -0.422. The minimum Gasteiger partial charge on any atom is -0.263 e. The molecular formula is C13H15F3N2O2S2. The molecule has 0 bridgehead atoms. The van der Waals surface area contributed by atoms with E-state index < -0.39 is 26.5 Å². The van der Waals surface area contributed by atoms with Crippen molar-refractivity contribution in [3.05, 3.63) is 23.2 Å². The summed E-state index contributed by atoms with van der Waals surface area (Å²) < 4.78 is 62.9. The van der Waals surface area contributed by atoms with Crippen LogP contribution in [-0.2, 0) is 23.1 Å². The fourth-order valence-corrected chi connectivity index (χ4v) is 4.68. The number of hydrogen-bond acceptors (Lipinski definition) is 4. The topological polar surface area (TPSA) is 52.0 Å². The Hall–Kier alpha value is -1.35. The van der Waals surface area contributed by atoms with Gasteiger partial charge in [0.1, 0.15) is 9.90 Å². The predicted molar refractivity (Wildman–Crippen MR) is 78.5 cm³/mol. The molecule has 2 aromatic heterocycles. The highest BCUT2D eigenvalue weighted by atomic mass is 32.2. The first-order chi connectivity index (χ1) is 9.84. The zero-order chi connectivity index (χ0) is 16.9. The van der Waals surface area contributed by atoms with Crippen molar-refractivity contribution < 1.29 is 21.6 Å². The SMILES string of the molecule is Cn1nc(-c2csc(S(=O)(=O)C(C)(C)C)c2)cc1C(F)(F)F. The molecule has 0 aromatic carbocycles. The number of aromatic nitrogens is 2. The number of aryl methyl sites for hydroxylation is 1. The van der Waals surface area contributed by atoms with E-state index in [1.54, 1.807) is 20.8 Å². The minimum atomic E-state index is -4.50. The molecule has 0 amide bonds. The third-order valence-corrected chi connectivity index (χ3v) is 7.04. The van der Waals surface area contributed by atoms with E-state index in [1.807, 2.05) is 0 Å². The first-order valence-electron chi connectivity index (χ1n) is 6.29. The number of rotatable bonds is 2. The number of sulfone groups is 1. The van der Waals surface area contributed by atoms with Crippen LogP contribution in [0.1, 0.15) is 26.5 Å². The molecule has 0 aliphatic carbocycles. The van der Waals surface area contributed by atoms with E-state index in [4.69, 9.17) is 0 Å². The molecular weight excluding hydrogens is 337 g/mol. The van der Waals surface area contributed by atoms with Crippen molar-refractivity contribution in [3.63, 3.8) is 0 Å². The molecule has 0 unspecified atom stereocenters. The second-order valence-corrected chi connectivity index (χ2v) is 9.65. The monoisotopic (exact) mass is 352 g/mol. The van der Waals surface area contributed by atoms with Gasteiger partial charge in [0.05, 0.1) is 10.4 Å². The van der Waals surface area contributed by atoms with E-state index in [1.165, 1.54) is 18.5 Å². The van der Waals surface area contributed by atoms with Gasteiger partial charge in [0.25, 0.3) is 0 Å². The van der Waals surface area contributed by atoms with E-state index in [9.17, 15) is 21.6 Å². The number of thiophene rings is 1. The van der Waals surface area contributed by atoms with Gasteiger partial charge in [0.15, 0.2) is 9.84 Å². The van der Waals surface area contributed by atoms with Gasteiger partial charge in [-0.3, -0.25) is 4.68 Å². The fraction of sp³-hybridized carbons (Fsp3) is 0.462. The second-order valence-electron chi connectivity index (χ2n) is 5.81. The Morgan fingerprint density at radius 2 is 1.77 bits per heavy atom. The summed E-state index contributed by atoms with van der Waals surface area (Å²) in [6.45, 7) is 4.72. The first-order valence-corrected chi connectivity index (χ1v) is 8.65. The lowest BCUT2D eigenvalue weighted by molar-refractivity contribution is -0.143. The average molecular weight is 352 g/mol. The van der Waals surface area contributed by atoms with Gasteiger partial charge in [-0.25, -0.2) is 8.42 Å². The molecule has 0 fully saturated rings. The van der Waals surface area contributed by atoms with E-state index in [0.29, 0.717) is 5.56 Å². The van der Waals surface area contributed by atoms with Crippen LogP contribution in [-0.4, -0.2) is 22.9 Å². The number of hydrogen-bond donors (Lipinski definition) is 0. The number of nitrogens with zero attached hydrogens (tertiary/aromatic N) is 2. The molecule has 0 N–H and O–H groups in total. The fourth-order valence-electron chi connectivity index (χ4n) is 1.77. The van der Waals surface area contributed by atoms with Gasteiger partial charge in [-0.05, 0) is 32.9 Å². The van der Waals surface area contributed by atoms with Crippen LogP contribution in [0.5, 0.6) is 0 Å². The molecule has 2 rings (SSSR count). The van der Waals surface area contributed by atoms with Crippen LogP contribution in [0.2, 0.25) is 0 Å². The van der Waals surface area contributed by atoms with Crippen molar-refractivity contribution in [1.82, 2.24) is 9.78 Å². The van der Waals surface area contributed by atoms with Crippen molar-refractivity contribution in [2.45, 2.75) is 35.9 Å². The molecule has 122 valence electrons. The maximum Gasteiger partial charge on any atom is 0.433 e. The van der Waals surface area contributed by atoms with Crippen LogP contribution in [0, 0.1) is 0 Å². The number of alkyl halides is 3. The summed E-state index contributed by atoms with van der Waals surface area (Å²) in [6, 6.07) is 2.28. The second kappa shape index (κ2) is 5.09. The van der Waals surface area contributed by atoms with Gasteiger partial charge < -0.3 is 0 Å². The molecule has 2 heterocycles. The highest BCUT2D eigenvalue weighted by Gasteiger charge is 2.36. The first kappa shape index (κ1) is 17.0. The maximum atomic E-state index is 12.8. The van der Waals surface area contributed by atoms with Crippen molar-refractivity contribution in [3.8, 4) is 11.3 Å². The van der Waals surface area contributed by atoms with Gasteiger partial charge in [-0.2, -0.15) is 18.3 Å². The van der Waals surface area contributed by atoms with Crippen molar-refractivity contribution in [2.24, 2.45) is 7.05 Å². The lowest BCUT2D eigenvalue weighted by atomic mass is 10.2. The van der Waals surface area contributed by atoms with Crippen LogP contribution >= 0.6 is 11.3 Å². The van der Waals surface area contributed by atoms with Gasteiger partial charge in [0, 0.05) is 18.0 Å². The smallest absolute Gasteiger partial charge is 0.263 e. The Morgan fingerprint density at radius 3 is 2.23 bits per heavy atom. The molecule has 4 nitrogen and oxygen atoms in total. The zero-order valence-corrected chi connectivity index (χ0v) is 14.0. The lowest BCUT2D eigenvalue weighted by Crippen LogP contribution is -2.27. The van der Waals surface area contributed by atoms with Crippen LogP contribution in [0.15, 0.2) is 21.7 Å². The van der Waals surface area contributed by atoms with Crippen molar-refractivity contribution in [2.75, 3.05) is 0 Å². The summed E-state index contributed by atoms with van der Waals surface area (Å²) in [5.74, 6) is 0. The normalized spacial score (nSPS) is 13.6. The minimum absolute atomic E-state index is 0.0986. The van der Waals surface area contributed by atoms with Gasteiger partial charge in [-0.15, -0.1) is 11.3 Å². The molecule has 9 heteroatoms. The van der Waals surface area contributed by atoms with Crippen molar-refractivity contribution >= 4 is 21.2 Å². The van der Waals surface area contributed by atoms with Crippen molar-refractivity contribution in [1.29, 1.82) is 0 Å². The Balaban J connectivity index is 2.46. The van der Waals surface area contributed by atoms with E-state index >= 15 is 0 Å². The highest BCUT2D eigenvalue weighted by molar-refractivity contribution is 7.94. The standard InChI is InChI=1S/C13H15F3N2O2S2/c1-12(2,3)22(19,20)11-5-8(7-21-11)9-6-10(13(14,15)16)18(4)17-9/h5-7H,1-4H3. The largest absolute Gasteiger partial charge is 0.433 e. The Labute approximate surface area is 130 Å². The third kappa shape index (κ3) is 2.91. The molecule has 22 heavy (non-hydrogen) atoms. The molecule has 0 atom stereocenters. The molecule has 0 aliphatic heterocycles.